The van der Waals surface area contributed by atoms with E-state index in [1.165, 1.54) is 21.7 Å². The van der Waals surface area contributed by atoms with Gasteiger partial charge in [-0.2, -0.15) is 0 Å². The van der Waals surface area contributed by atoms with E-state index >= 15 is 0 Å². The number of nitrogens with one attached hydrogen (secondary N) is 1. The Morgan fingerprint density at radius 3 is 2.51 bits per heavy atom. The minimum atomic E-state index is -0.407. The Hall–Kier alpha value is -4.50. The first-order valence-electron chi connectivity index (χ1n) is 12.4. The molecule has 5 heterocycles. The van der Waals surface area contributed by atoms with Crippen LogP contribution >= 0.6 is 0 Å². The topological polar surface area (TPSA) is 87.3 Å². The van der Waals surface area contributed by atoms with Crippen LogP contribution in [0.5, 0.6) is 0 Å². The lowest BCUT2D eigenvalue weighted by atomic mass is 10.2. The summed E-state index contributed by atoms with van der Waals surface area (Å²) in [5, 5.41) is 2.83. The number of hydrogen-bond acceptors (Lipinski definition) is 6. The molecule has 0 atom stereocenters. The molecule has 0 radical (unpaired) electrons. The largest absolute Gasteiger partial charge is 0.369 e. The van der Waals surface area contributed by atoms with Gasteiger partial charge in [0.2, 0.25) is 0 Å². The first-order chi connectivity index (χ1) is 18.1. The van der Waals surface area contributed by atoms with Gasteiger partial charge in [-0.05, 0) is 35.9 Å². The Morgan fingerprint density at radius 2 is 1.68 bits per heavy atom. The molecule has 6 rings (SSSR count). The number of nitrogens with zero attached hydrogens (tertiary/aromatic N) is 6. The van der Waals surface area contributed by atoms with Crippen LogP contribution in [-0.2, 0) is 13.1 Å². The monoisotopic (exact) mass is 493 g/mol. The number of benzene rings is 1. The molecule has 1 aliphatic rings. The van der Waals surface area contributed by atoms with Gasteiger partial charge in [0.25, 0.3) is 11.5 Å². The summed E-state index contributed by atoms with van der Waals surface area (Å²) in [5.41, 5.74) is 4.29. The van der Waals surface area contributed by atoms with Crippen LogP contribution in [0, 0.1) is 0 Å². The maximum Gasteiger partial charge on any atom is 0.270 e. The van der Waals surface area contributed by atoms with Crippen LogP contribution < -0.4 is 15.8 Å². The molecule has 186 valence electrons. The van der Waals surface area contributed by atoms with Crippen molar-refractivity contribution < 1.29 is 4.79 Å². The number of pyridine rings is 2. The molecule has 1 amide bonds. The van der Waals surface area contributed by atoms with Crippen LogP contribution in [0.2, 0.25) is 0 Å². The van der Waals surface area contributed by atoms with Crippen molar-refractivity contribution in [1.82, 2.24) is 29.0 Å². The average molecular weight is 494 g/mol. The molecule has 1 N–H and O–H groups in total. The van der Waals surface area contributed by atoms with Gasteiger partial charge >= 0.3 is 0 Å². The van der Waals surface area contributed by atoms with Crippen molar-refractivity contribution in [3.05, 3.63) is 113 Å². The lowest BCUT2D eigenvalue weighted by Gasteiger charge is -2.36. The van der Waals surface area contributed by atoms with E-state index in [-0.39, 0.29) is 17.8 Å². The number of piperazine rings is 1. The summed E-state index contributed by atoms with van der Waals surface area (Å²) in [5.74, 6) is -0.407. The van der Waals surface area contributed by atoms with E-state index in [2.05, 4.69) is 67.7 Å². The lowest BCUT2D eigenvalue weighted by Crippen LogP contribution is -2.45. The number of carbonyl (C=O) groups excluding carboxylic acids is 1. The molecule has 0 aliphatic carbocycles. The molecule has 5 aromatic rings. The molecule has 9 heteroatoms. The number of fused-ring (bicyclic) bond motifs is 2. The van der Waals surface area contributed by atoms with Crippen molar-refractivity contribution >= 4 is 22.9 Å². The highest BCUT2D eigenvalue weighted by Gasteiger charge is 2.17. The maximum absolute atomic E-state index is 12.7. The number of imidazole rings is 1. The Balaban J connectivity index is 1.08. The van der Waals surface area contributed by atoms with Gasteiger partial charge in [0.05, 0.1) is 12.2 Å². The third-order valence-electron chi connectivity index (χ3n) is 6.70. The van der Waals surface area contributed by atoms with Gasteiger partial charge < -0.3 is 14.6 Å². The summed E-state index contributed by atoms with van der Waals surface area (Å²) in [4.78, 5) is 38.7. The van der Waals surface area contributed by atoms with Gasteiger partial charge in [-0.3, -0.25) is 18.9 Å². The molecule has 0 spiro atoms. The highest BCUT2D eigenvalue weighted by Crippen LogP contribution is 2.17. The Morgan fingerprint density at radius 1 is 0.865 bits per heavy atom. The number of para-hydroxylation sites is 1. The second kappa shape index (κ2) is 9.87. The number of aromatic nitrogens is 4. The van der Waals surface area contributed by atoms with E-state index in [4.69, 9.17) is 0 Å². The number of rotatable bonds is 6. The first-order valence-corrected chi connectivity index (χ1v) is 12.4. The predicted octanol–water partition coefficient (Wildman–Crippen LogP) is 2.59. The van der Waals surface area contributed by atoms with Crippen molar-refractivity contribution in [2.75, 3.05) is 31.1 Å². The zero-order valence-corrected chi connectivity index (χ0v) is 20.3. The van der Waals surface area contributed by atoms with Crippen LogP contribution in [0.15, 0.2) is 90.1 Å². The summed E-state index contributed by atoms with van der Waals surface area (Å²) >= 11 is 0. The van der Waals surface area contributed by atoms with Gasteiger partial charge in [-0.25, -0.2) is 9.97 Å². The van der Waals surface area contributed by atoms with E-state index in [0.29, 0.717) is 5.65 Å². The van der Waals surface area contributed by atoms with E-state index < -0.39 is 5.91 Å². The van der Waals surface area contributed by atoms with Crippen molar-refractivity contribution in [2.45, 2.75) is 13.1 Å². The van der Waals surface area contributed by atoms with Crippen molar-refractivity contribution in [2.24, 2.45) is 0 Å². The summed E-state index contributed by atoms with van der Waals surface area (Å²) in [6.07, 6.45) is 5.65. The predicted molar refractivity (Wildman–Crippen MR) is 142 cm³/mol. The summed E-state index contributed by atoms with van der Waals surface area (Å²) < 4.78 is 3.40. The minimum absolute atomic E-state index is 0.0922. The zero-order chi connectivity index (χ0) is 25.2. The highest BCUT2D eigenvalue weighted by molar-refractivity contribution is 5.92. The smallest absolute Gasteiger partial charge is 0.270 e. The Kier molecular flexibility index (Phi) is 6.11. The van der Waals surface area contributed by atoms with Crippen LogP contribution in [0.4, 0.5) is 5.69 Å². The normalized spacial score (nSPS) is 14.3. The average Bonchev–Trinajstić information content (AvgIpc) is 3.35. The molecule has 0 unspecified atom stereocenters. The van der Waals surface area contributed by atoms with Gasteiger partial charge in [0.15, 0.2) is 0 Å². The number of anilines is 1. The third-order valence-corrected chi connectivity index (χ3v) is 6.70. The summed E-state index contributed by atoms with van der Waals surface area (Å²) in [6, 6.07) is 21.1. The summed E-state index contributed by atoms with van der Waals surface area (Å²) in [6.45, 7) is 5.18. The molecule has 9 nitrogen and oxygen atoms in total. The number of carbonyl (C=O) groups is 1. The van der Waals surface area contributed by atoms with Crippen LogP contribution in [0.25, 0.3) is 11.3 Å². The fourth-order valence-corrected chi connectivity index (χ4v) is 4.76. The van der Waals surface area contributed by atoms with Gasteiger partial charge in [-0.1, -0.05) is 30.3 Å². The first kappa shape index (κ1) is 22.9. The number of hydrogen-bond donors (Lipinski definition) is 1. The second-order valence-electron chi connectivity index (χ2n) is 9.22. The maximum atomic E-state index is 12.7. The van der Waals surface area contributed by atoms with E-state index in [9.17, 15) is 9.59 Å². The van der Waals surface area contributed by atoms with Gasteiger partial charge in [-0.15, -0.1) is 0 Å². The SMILES string of the molecule is O=C(NCc1cn2cc(CN3CCN(c4ccccc4)CC3)ccc2n1)c1cc(=O)n2ccccc2n1. The van der Waals surface area contributed by atoms with Gasteiger partial charge in [0.1, 0.15) is 17.0 Å². The standard InChI is InChI=1S/C28H27N7O2/c36-27-16-24(31-26-8-4-5-11-35(26)27)28(37)29-17-22-20-34-19-21(9-10-25(34)30-22)18-32-12-14-33(15-13-32)23-6-2-1-3-7-23/h1-11,16,19-20H,12-15,17-18H2,(H,29,37). The fraction of sp³-hybridized carbons (Fsp3) is 0.214. The highest BCUT2D eigenvalue weighted by atomic mass is 16.2. The Bertz CT molecular complexity index is 1620. The van der Waals surface area contributed by atoms with E-state index in [0.717, 1.165) is 44.1 Å². The van der Waals surface area contributed by atoms with Crippen LogP contribution in [0.3, 0.4) is 0 Å². The van der Waals surface area contributed by atoms with Crippen molar-refractivity contribution in [3.8, 4) is 0 Å². The van der Waals surface area contributed by atoms with Crippen molar-refractivity contribution in [1.29, 1.82) is 0 Å². The van der Waals surface area contributed by atoms with Gasteiger partial charge in [0, 0.05) is 63.1 Å². The van der Waals surface area contributed by atoms with Crippen LogP contribution in [0.1, 0.15) is 21.7 Å². The molecule has 0 bridgehead atoms. The molecular weight excluding hydrogens is 466 g/mol. The molecule has 1 fully saturated rings. The fourth-order valence-electron chi connectivity index (χ4n) is 4.76. The quantitative estimate of drug-likeness (QED) is 0.391. The summed E-state index contributed by atoms with van der Waals surface area (Å²) in [7, 11) is 0. The lowest BCUT2D eigenvalue weighted by molar-refractivity contribution is 0.0945. The molecule has 4 aromatic heterocycles. The van der Waals surface area contributed by atoms with Crippen molar-refractivity contribution in [3.63, 3.8) is 0 Å². The molecule has 1 aliphatic heterocycles. The zero-order valence-electron chi connectivity index (χ0n) is 20.3. The molecule has 37 heavy (non-hydrogen) atoms. The molecule has 1 aromatic carbocycles. The minimum Gasteiger partial charge on any atom is -0.369 e. The Labute approximate surface area is 213 Å². The van der Waals surface area contributed by atoms with E-state index in [1.807, 2.05) is 16.7 Å². The van der Waals surface area contributed by atoms with Crippen LogP contribution in [-0.4, -0.2) is 55.8 Å². The molecule has 1 saturated heterocycles. The molecular formula is C28H27N7O2. The molecule has 0 saturated carbocycles. The third kappa shape index (κ3) is 4.94. The number of amides is 1. The van der Waals surface area contributed by atoms with E-state index in [1.54, 1.807) is 24.4 Å². The second-order valence-corrected chi connectivity index (χ2v) is 9.22.